The Morgan fingerprint density at radius 2 is 1.90 bits per heavy atom. The van der Waals surface area contributed by atoms with Crippen LogP contribution < -0.4 is 5.32 Å². The maximum atomic E-state index is 4.43. The Morgan fingerprint density at radius 1 is 1.20 bits per heavy atom. The number of rotatable bonds is 3. The van der Waals surface area contributed by atoms with Crippen molar-refractivity contribution in [2.45, 2.75) is 38.1 Å². The zero-order valence-electron chi connectivity index (χ0n) is 12.3. The second kappa shape index (κ2) is 5.41. The molecule has 0 saturated carbocycles. The number of piperidine rings is 1. The molecule has 1 aliphatic heterocycles. The predicted molar refractivity (Wildman–Crippen MR) is 81.9 cm³/mol. The van der Waals surface area contributed by atoms with Gasteiger partial charge in [-0.2, -0.15) is 0 Å². The molecule has 1 aromatic carbocycles. The molecule has 1 aliphatic rings. The van der Waals surface area contributed by atoms with E-state index in [4.69, 9.17) is 0 Å². The molecule has 0 bridgehead atoms. The number of nitrogens with zero attached hydrogens (tertiary/aromatic N) is 2. The van der Waals surface area contributed by atoms with Crippen LogP contribution in [0.4, 0.5) is 0 Å². The highest BCUT2D eigenvalue weighted by Crippen LogP contribution is 2.34. The standard InChI is InChI=1S/C17H23N3/c1-14(15-6-4-3-5-7-15)20-13-19-12-16(20)17(2)8-10-18-11-9-17/h3-7,12-14,18H,8-11H2,1-2H3. The van der Waals surface area contributed by atoms with Crippen LogP contribution in [0.1, 0.15) is 44.0 Å². The van der Waals surface area contributed by atoms with Gasteiger partial charge in [0.1, 0.15) is 0 Å². The molecular weight excluding hydrogens is 246 g/mol. The van der Waals surface area contributed by atoms with E-state index in [1.165, 1.54) is 24.1 Å². The number of imidazole rings is 1. The predicted octanol–water partition coefficient (Wildman–Crippen LogP) is 3.13. The van der Waals surface area contributed by atoms with Crippen molar-refractivity contribution in [2.75, 3.05) is 13.1 Å². The van der Waals surface area contributed by atoms with Crippen LogP contribution in [0.2, 0.25) is 0 Å². The first-order valence-corrected chi connectivity index (χ1v) is 7.49. The zero-order valence-corrected chi connectivity index (χ0v) is 12.3. The number of hydrogen-bond acceptors (Lipinski definition) is 2. The van der Waals surface area contributed by atoms with E-state index in [2.05, 4.69) is 65.2 Å². The van der Waals surface area contributed by atoms with Crippen LogP contribution in [0.15, 0.2) is 42.9 Å². The molecule has 0 spiro atoms. The van der Waals surface area contributed by atoms with Crippen LogP contribution in [0, 0.1) is 0 Å². The summed E-state index contributed by atoms with van der Waals surface area (Å²) in [5.74, 6) is 0. The molecule has 1 saturated heterocycles. The van der Waals surface area contributed by atoms with Crippen LogP contribution in [0.5, 0.6) is 0 Å². The van der Waals surface area contributed by atoms with Crippen molar-refractivity contribution < 1.29 is 0 Å². The van der Waals surface area contributed by atoms with Crippen molar-refractivity contribution in [1.82, 2.24) is 14.9 Å². The van der Waals surface area contributed by atoms with Gasteiger partial charge in [0.25, 0.3) is 0 Å². The molecule has 0 amide bonds. The first-order chi connectivity index (χ1) is 9.71. The lowest BCUT2D eigenvalue weighted by Crippen LogP contribution is -2.39. The number of hydrogen-bond donors (Lipinski definition) is 1. The van der Waals surface area contributed by atoms with Gasteiger partial charge in [-0.25, -0.2) is 4.98 Å². The summed E-state index contributed by atoms with van der Waals surface area (Å²) in [6, 6.07) is 11.0. The fraction of sp³-hybridized carbons (Fsp3) is 0.471. The molecule has 2 heterocycles. The molecule has 3 rings (SSSR count). The summed E-state index contributed by atoms with van der Waals surface area (Å²) in [5, 5.41) is 3.45. The summed E-state index contributed by atoms with van der Waals surface area (Å²) in [5.41, 5.74) is 2.95. The Labute approximate surface area is 121 Å². The van der Waals surface area contributed by atoms with Crippen LogP contribution in [-0.2, 0) is 5.41 Å². The first-order valence-electron chi connectivity index (χ1n) is 7.49. The highest BCUT2D eigenvalue weighted by Gasteiger charge is 2.32. The quantitative estimate of drug-likeness (QED) is 0.927. The molecule has 106 valence electrons. The lowest BCUT2D eigenvalue weighted by molar-refractivity contribution is 0.314. The van der Waals surface area contributed by atoms with Gasteiger partial charge in [-0.3, -0.25) is 0 Å². The molecule has 0 radical (unpaired) electrons. The molecule has 20 heavy (non-hydrogen) atoms. The van der Waals surface area contributed by atoms with E-state index in [1.54, 1.807) is 0 Å². The molecule has 0 aliphatic carbocycles. The summed E-state index contributed by atoms with van der Waals surface area (Å²) in [7, 11) is 0. The van der Waals surface area contributed by atoms with Crippen LogP contribution in [-0.4, -0.2) is 22.6 Å². The minimum absolute atomic E-state index is 0.241. The van der Waals surface area contributed by atoms with Crippen molar-refractivity contribution in [1.29, 1.82) is 0 Å². The Hall–Kier alpha value is -1.61. The molecular formula is C17H23N3. The SMILES string of the molecule is CC(c1ccccc1)n1cncc1C1(C)CCNCC1. The molecule has 1 N–H and O–H groups in total. The third kappa shape index (κ3) is 2.38. The van der Waals surface area contributed by atoms with Crippen LogP contribution in [0.3, 0.4) is 0 Å². The molecule has 3 nitrogen and oxygen atoms in total. The van der Waals surface area contributed by atoms with Gasteiger partial charge in [0, 0.05) is 17.3 Å². The van der Waals surface area contributed by atoms with E-state index in [9.17, 15) is 0 Å². The van der Waals surface area contributed by atoms with Crippen LogP contribution >= 0.6 is 0 Å². The minimum Gasteiger partial charge on any atom is -0.327 e. The Bertz CT molecular complexity index is 553. The summed E-state index contributed by atoms with van der Waals surface area (Å²) in [6.07, 6.45) is 6.41. The highest BCUT2D eigenvalue weighted by molar-refractivity contribution is 5.23. The van der Waals surface area contributed by atoms with E-state index >= 15 is 0 Å². The molecule has 1 unspecified atom stereocenters. The minimum atomic E-state index is 0.241. The molecule has 1 aromatic heterocycles. The van der Waals surface area contributed by atoms with Crippen LogP contribution in [0.25, 0.3) is 0 Å². The fourth-order valence-corrected chi connectivity index (χ4v) is 3.21. The van der Waals surface area contributed by atoms with Crippen molar-refractivity contribution in [3.8, 4) is 0 Å². The van der Waals surface area contributed by atoms with Gasteiger partial charge in [0.15, 0.2) is 0 Å². The van der Waals surface area contributed by atoms with Gasteiger partial charge in [0.2, 0.25) is 0 Å². The van der Waals surface area contributed by atoms with Crippen molar-refractivity contribution >= 4 is 0 Å². The number of aromatic nitrogens is 2. The fourth-order valence-electron chi connectivity index (χ4n) is 3.21. The van der Waals surface area contributed by atoms with Crippen molar-refractivity contribution in [3.63, 3.8) is 0 Å². The molecule has 3 heteroatoms. The average molecular weight is 269 g/mol. The average Bonchev–Trinajstić information content (AvgIpc) is 2.98. The summed E-state index contributed by atoms with van der Waals surface area (Å²) < 4.78 is 2.35. The Morgan fingerprint density at radius 3 is 2.60 bits per heavy atom. The van der Waals surface area contributed by atoms with E-state index in [1.807, 2.05) is 6.33 Å². The Balaban J connectivity index is 1.94. The second-order valence-electron chi connectivity index (χ2n) is 6.08. The lowest BCUT2D eigenvalue weighted by atomic mass is 9.78. The summed E-state index contributed by atoms with van der Waals surface area (Å²) in [4.78, 5) is 4.43. The number of nitrogens with one attached hydrogen (secondary N) is 1. The highest BCUT2D eigenvalue weighted by atomic mass is 15.1. The van der Waals surface area contributed by atoms with Gasteiger partial charge >= 0.3 is 0 Å². The van der Waals surface area contributed by atoms with Gasteiger partial charge in [-0.05, 0) is 38.4 Å². The van der Waals surface area contributed by atoms with E-state index in [0.717, 1.165) is 13.1 Å². The van der Waals surface area contributed by atoms with Gasteiger partial charge < -0.3 is 9.88 Å². The van der Waals surface area contributed by atoms with E-state index in [-0.39, 0.29) is 5.41 Å². The zero-order chi connectivity index (χ0) is 14.0. The Kier molecular flexibility index (Phi) is 3.62. The maximum absolute atomic E-state index is 4.43. The van der Waals surface area contributed by atoms with Crippen molar-refractivity contribution in [3.05, 3.63) is 54.1 Å². The first kappa shape index (κ1) is 13.4. The van der Waals surface area contributed by atoms with E-state index < -0.39 is 0 Å². The second-order valence-corrected chi connectivity index (χ2v) is 6.08. The monoisotopic (exact) mass is 269 g/mol. The summed E-state index contributed by atoms with van der Waals surface area (Å²) >= 11 is 0. The third-order valence-electron chi connectivity index (χ3n) is 4.69. The van der Waals surface area contributed by atoms with Gasteiger partial charge in [-0.15, -0.1) is 0 Å². The molecule has 1 fully saturated rings. The van der Waals surface area contributed by atoms with Crippen molar-refractivity contribution in [2.24, 2.45) is 0 Å². The number of benzene rings is 1. The molecule has 2 aromatic rings. The topological polar surface area (TPSA) is 29.9 Å². The summed E-state index contributed by atoms with van der Waals surface area (Å²) in [6.45, 7) is 6.83. The maximum Gasteiger partial charge on any atom is 0.0954 e. The normalized spacial score (nSPS) is 19.7. The van der Waals surface area contributed by atoms with E-state index in [0.29, 0.717) is 6.04 Å². The van der Waals surface area contributed by atoms with Gasteiger partial charge in [-0.1, -0.05) is 37.3 Å². The van der Waals surface area contributed by atoms with Gasteiger partial charge in [0.05, 0.1) is 12.4 Å². The molecule has 1 atom stereocenters. The smallest absolute Gasteiger partial charge is 0.0954 e. The lowest BCUT2D eigenvalue weighted by Gasteiger charge is -2.35. The third-order valence-corrected chi connectivity index (χ3v) is 4.69. The largest absolute Gasteiger partial charge is 0.327 e.